The van der Waals surface area contributed by atoms with Crippen molar-refractivity contribution in [1.29, 1.82) is 0 Å². The largest absolute Gasteiger partial charge is 0.300 e. The van der Waals surface area contributed by atoms with Crippen LogP contribution in [0.5, 0.6) is 0 Å². The van der Waals surface area contributed by atoms with Crippen LogP contribution in [0.25, 0.3) is 11.4 Å². The van der Waals surface area contributed by atoms with Gasteiger partial charge in [0, 0.05) is 16.6 Å². The van der Waals surface area contributed by atoms with E-state index in [4.69, 9.17) is 12.2 Å². The Labute approximate surface area is 112 Å². The van der Waals surface area contributed by atoms with Crippen LogP contribution in [-0.4, -0.2) is 14.8 Å². The van der Waals surface area contributed by atoms with E-state index in [0.29, 0.717) is 9.24 Å². The summed E-state index contributed by atoms with van der Waals surface area (Å²) in [6, 6.07) is 4.52. The molecule has 0 radical (unpaired) electrons. The first-order valence-corrected chi connectivity index (χ1v) is 6.44. The molecule has 1 aromatic carbocycles. The Morgan fingerprint density at radius 2 is 2.29 bits per heavy atom. The maximum atomic E-state index is 13.0. The molecule has 90 valence electrons. The average Bonchev–Trinajstić information content (AvgIpc) is 2.62. The molecule has 0 bridgehead atoms. The van der Waals surface area contributed by atoms with Crippen molar-refractivity contribution in [3.05, 3.63) is 33.3 Å². The van der Waals surface area contributed by atoms with Crippen molar-refractivity contribution in [2.45, 2.75) is 19.9 Å². The highest BCUT2D eigenvalue weighted by molar-refractivity contribution is 9.10. The van der Waals surface area contributed by atoms with E-state index in [-0.39, 0.29) is 5.82 Å². The van der Waals surface area contributed by atoms with E-state index in [9.17, 15) is 4.39 Å². The lowest BCUT2D eigenvalue weighted by molar-refractivity contribution is 0.626. The van der Waals surface area contributed by atoms with Gasteiger partial charge in [0.2, 0.25) is 0 Å². The van der Waals surface area contributed by atoms with Crippen LogP contribution in [0, 0.1) is 10.6 Å². The molecular formula is C11H11BrFN3S. The monoisotopic (exact) mass is 315 g/mol. The fourth-order valence-corrected chi connectivity index (χ4v) is 2.38. The first-order valence-electron chi connectivity index (χ1n) is 5.24. The number of nitrogens with one attached hydrogen (secondary N) is 1. The zero-order valence-electron chi connectivity index (χ0n) is 9.20. The molecule has 0 unspecified atom stereocenters. The number of halogens is 2. The van der Waals surface area contributed by atoms with Crippen LogP contribution in [0.1, 0.15) is 13.3 Å². The minimum atomic E-state index is -0.281. The molecule has 0 saturated heterocycles. The molecule has 0 atom stereocenters. The Kier molecular flexibility index (Phi) is 3.73. The van der Waals surface area contributed by atoms with Crippen LogP contribution < -0.4 is 0 Å². The lowest BCUT2D eigenvalue weighted by Crippen LogP contribution is -2.00. The summed E-state index contributed by atoms with van der Waals surface area (Å²) in [6.07, 6.45) is 0.958. The van der Waals surface area contributed by atoms with E-state index >= 15 is 0 Å². The van der Waals surface area contributed by atoms with Crippen molar-refractivity contribution < 1.29 is 4.39 Å². The van der Waals surface area contributed by atoms with Gasteiger partial charge in [0.05, 0.1) is 0 Å². The summed E-state index contributed by atoms with van der Waals surface area (Å²) in [7, 11) is 0. The van der Waals surface area contributed by atoms with Gasteiger partial charge < -0.3 is 4.57 Å². The van der Waals surface area contributed by atoms with Crippen molar-refractivity contribution in [1.82, 2.24) is 14.8 Å². The molecule has 0 aliphatic heterocycles. The van der Waals surface area contributed by atoms with Gasteiger partial charge in [-0.3, -0.25) is 5.10 Å². The lowest BCUT2D eigenvalue weighted by Gasteiger charge is -2.06. The minimum Gasteiger partial charge on any atom is -0.300 e. The molecule has 3 nitrogen and oxygen atoms in total. The van der Waals surface area contributed by atoms with Crippen LogP contribution in [0.2, 0.25) is 0 Å². The maximum absolute atomic E-state index is 13.0. The molecule has 1 aromatic heterocycles. The van der Waals surface area contributed by atoms with Gasteiger partial charge in [-0.25, -0.2) is 4.39 Å². The highest BCUT2D eigenvalue weighted by atomic mass is 79.9. The number of hydrogen-bond donors (Lipinski definition) is 1. The highest BCUT2D eigenvalue weighted by Crippen LogP contribution is 2.27. The van der Waals surface area contributed by atoms with Crippen molar-refractivity contribution >= 4 is 28.1 Å². The van der Waals surface area contributed by atoms with Crippen molar-refractivity contribution in [3.8, 4) is 11.4 Å². The van der Waals surface area contributed by atoms with Gasteiger partial charge in [0.15, 0.2) is 10.6 Å². The van der Waals surface area contributed by atoms with Gasteiger partial charge in [0.25, 0.3) is 0 Å². The topological polar surface area (TPSA) is 33.6 Å². The predicted molar refractivity (Wildman–Crippen MR) is 70.8 cm³/mol. The first-order chi connectivity index (χ1) is 8.13. The molecule has 0 saturated carbocycles. The molecule has 1 heterocycles. The van der Waals surface area contributed by atoms with Crippen LogP contribution in [-0.2, 0) is 6.54 Å². The van der Waals surface area contributed by atoms with Gasteiger partial charge in [-0.1, -0.05) is 6.92 Å². The Morgan fingerprint density at radius 1 is 1.53 bits per heavy atom. The SMILES string of the molecule is CCCn1c(-c2ccc(F)cc2Br)n[nH]c1=S. The van der Waals surface area contributed by atoms with E-state index < -0.39 is 0 Å². The van der Waals surface area contributed by atoms with Crippen molar-refractivity contribution in [2.75, 3.05) is 0 Å². The van der Waals surface area contributed by atoms with E-state index in [1.165, 1.54) is 12.1 Å². The van der Waals surface area contributed by atoms with E-state index in [2.05, 4.69) is 33.1 Å². The maximum Gasteiger partial charge on any atom is 0.195 e. The van der Waals surface area contributed by atoms with Gasteiger partial charge in [-0.05, 0) is 52.8 Å². The summed E-state index contributed by atoms with van der Waals surface area (Å²) in [6.45, 7) is 2.85. The molecule has 0 aliphatic carbocycles. The molecule has 0 spiro atoms. The van der Waals surface area contributed by atoms with Crippen molar-refractivity contribution in [3.63, 3.8) is 0 Å². The molecule has 17 heavy (non-hydrogen) atoms. The molecule has 0 fully saturated rings. The molecule has 6 heteroatoms. The highest BCUT2D eigenvalue weighted by Gasteiger charge is 2.11. The van der Waals surface area contributed by atoms with Crippen LogP contribution in [0.3, 0.4) is 0 Å². The number of H-pyrrole nitrogens is 1. The summed E-state index contributed by atoms with van der Waals surface area (Å²) in [5.74, 6) is 0.445. The Balaban J connectivity index is 2.56. The van der Waals surface area contributed by atoms with E-state index in [1.54, 1.807) is 6.07 Å². The summed E-state index contributed by atoms with van der Waals surface area (Å²) >= 11 is 8.50. The zero-order valence-corrected chi connectivity index (χ0v) is 11.6. The number of rotatable bonds is 3. The Bertz CT molecular complexity index is 591. The Hall–Kier alpha value is -1.01. The standard InChI is InChI=1S/C11H11BrFN3S/c1-2-5-16-10(14-15-11(16)17)8-4-3-7(13)6-9(8)12/h3-4,6H,2,5H2,1H3,(H,15,17). The second-order valence-electron chi connectivity index (χ2n) is 3.63. The molecule has 2 aromatic rings. The van der Waals surface area contributed by atoms with Gasteiger partial charge in [-0.15, -0.1) is 0 Å². The van der Waals surface area contributed by atoms with Crippen LogP contribution in [0.15, 0.2) is 22.7 Å². The van der Waals surface area contributed by atoms with Crippen LogP contribution >= 0.6 is 28.1 Å². The summed E-state index contributed by atoms with van der Waals surface area (Å²) in [5.41, 5.74) is 0.826. The van der Waals surface area contributed by atoms with Gasteiger partial charge in [0.1, 0.15) is 5.82 Å². The number of nitrogens with zero attached hydrogens (tertiary/aromatic N) is 2. The second kappa shape index (κ2) is 5.10. The normalized spacial score (nSPS) is 10.8. The Morgan fingerprint density at radius 3 is 2.94 bits per heavy atom. The lowest BCUT2D eigenvalue weighted by atomic mass is 10.2. The fraction of sp³-hybridized carbons (Fsp3) is 0.273. The molecule has 2 rings (SSSR count). The van der Waals surface area contributed by atoms with Gasteiger partial charge in [-0.2, -0.15) is 5.10 Å². The molecular weight excluding hydrogens is 305 g/mol. The summed E-state index contributed by atoms with van der Waals surface area (Å²) < 4.78 is 16.2. The molecule has 0 amide bonds. The zero-order chi connectivity index (χ0) is 12.4. The van der Waals surface area contributed by atoms with E-state index in [0.717, 1.165) is 24.4 Å². The number of aromatic nitrogens is 3. The average molecular weight is 316 g/mol. The minimum absolute atomic E-state index is 0.281. The summed E-state index contributed by atoms with van der Waals surface area (Å²) in [5, 5.41) is 6.95. The fourth-order valence-electron chi connectivity index (χ4n) is 1.63. The smallest absolute Gasteiger partial charge is 0.195 e. The van der Waals surface area contributed by atoms with Gasteiger partial charge >= 0.3 is 0 Å². The quantitative estimate of drug-likeness (QED) is 0.871. The molecule has 0 aliphatic rings. The number of benzene rings is 1. The number of aromatic amines is 1. The first kappa shape index (κ1) is 12.4. The second-order valence-corrected chi connectivity index (χ2v) is 4.87. The third-order valence-corrected chi connectivity index (χ3v) is 3.35. The third kappa shape index (κ3) is 2.47. The molecule has 1 N–H and O–H groups in total. The van der Waals surface area contributed by atoms with E-state index in [1.807, 2.05) is 4.57 Å². The van der Waals surface area contributed by atoms with Crippen molar-refractivity contribution in [2.24, 2.45) is 0 Å². The third-order valence-electron chi connectivity index (χ3n) is 2.38. The summed E-state index contributed by atoms with van der Waals surface area (Å²) in [4.78, 5) is 0. The predicted octanol–water partition coefficient (Wildman–Crippen LogP) is 3.92. The number of hydrogen-bond acceptors (Lipinski definition) is 2. The van der Waals surface area contributed by atoms with Crippen LogP contribution in [0.4, 0.5) is 4.39 Å².